The normalized spacial score (nSPS) is 11.6. The van der Waals surface area contributed by atoms with E-state index in [1.807, 2.05) is 18.7 Å². The lowest BCUT2D eigenvalue weighted by molar-refractivity contribution is 0.729. The van der Waals surface area contributed by atoms with E-state index in [9.17, 15) is 0 Å². The van der Waals surface area contributed by atoms with Gasteiger partial charge in [-0.1, -0.05) is 13.8 Å². The van der Waals surface area contributed by atoms with E-state index >= 15 is 0 Å². The molecule has 8 heteroatoms. The van der Waals surface area contributed by atoms with Gasteiger partial charge in [-0.15, -0.1) is 35.3 Å². The lowest BCUT2D eigenvalue weighted by Gasteiger charge is -2.11. The number of nitrogens with one attached hydrogen (secondary N) is 2. The molecule has 6 nitrogen and oxygen atoms in total. The van der Waals surface area contributed by atoms with Crippen LogP contribution in [0.15, 0.2) is 10.4 Å². The fourth-order valence-corrected chi connectivity index (χ4v) is 3.43. The Morgan fingerprint density at radius 1 is 1.31 bits per heavy atom. The summed E-state index contributed by atoms with van der Waals surface area (Å²) < 4.78 is 1.91. The highest BCUT2D eigenvalue weighted by Crippen LogP contribution is 2.19. The Labute approximate surface area is 177 Å². The molecule has 0 aliphatic rings. The van der Waals surface area contributed by atoms with Crippen LogP contribution in [0.1, 0.15) is 54.3 Å². The fraction of sp³-hybridized carbons (Fsp3) is 0.611. The summed E-state index contributed by atoms with van der Waals surface area (Å²) in [5.41, 5.74) is 4.56. The Balaban J connectivity index is 0.00000338. The summed E-state index contributed by atoms with van der Waals surface area (Å²) in [4.78, 5) is 9.39. The first-order chi connectivity index (χ1) is 11.9. The van der Waals surface area contributed by atoms with Crippen molar-refractivity contribution in [3.8, 4) is 0 Å². The van der Waals surface area contributed by atoms with Gasteiger partial charge in [-0.2, -0.15) is 5.10 Å². The average molecular weight is 490 g/mol. The van der Waals surface area contributed by atoms with Gasteiger partial charge >= 0.3 is 0 Å². The smallest absolute Gasteiger partial charge is 0.191 e. The van der Waals surface area contributed by atoms with E-state index in [4.69, 9.17) is 4.99 Å². The van der Waals surface area contributed by atoms with Crippen LogP contribution < -0.4 is 10.6 Å². The molecule has 26 heavy (non-hydrogen) atoms. The Morgan fingerprint density at radius 3 is 2.58 bits per heavy atom. The molecule has 146 valence electrons. The van der Waals surface area contributed by atoms with E-state index in [-0.39, 0.29) is 24.0 Å². The van der Waals surface area contributed by atoms with E-state index in [1.54, 1.807) is 11.3 Å². The standard InChI is InChI=1S/C18H30N6S.HI/c1-7-19-18(21-10-16-13(4)23-24(6)14(16)5)20-9-8-15-11-25-17(22-15)12(2)3;/h11-12H,7-10H2,1-6H3,(H2,19,20,21);1H. The molecule has 0 saturated carbocycles. The maximum atomic E-state index is 4.71. The number of aryl methyl sites for hydroxylation is 2. The Bertz CT molecular complexity index is 719. The maximum Gasteiger partial charge on any atom is 0.191 e. The number of hydrogen-bond acceptors (Lipinski definition) is 4. The summed E-state index contributed by atoms with van der Waals surface area (Å²) in [6.45, 7) is 12.8. The molecular weight excluding hydrogens is 459 g/mol. The van der Waals surface area contributed by atoms with Crippen LogP contribution in [-0.2, 0) is 20.0 Å². The monoisotopic (exact) mass is 490 g/mol. The first-order valence-corrected chi connectivity index (χ1v) is 9.75. The van der Waals surface area contributed by atoms with Crippen molar-refractivity contribution in [2.45, 2.75) is 53.5 Å². The van der Waals surface area contributed by atoms with Crippen LogP contribution in [0.5, 0.6) is 0 Å². The molecule has 0 unspecified atom stereocenters. The van der Waals surface area contributed by atoms with Gasteiger partial charge in [0.25, 0.3) is 0 Å². The predicted octanol–water partition coefficient (Wildman–Crippen LogP) is 3.53. The molecular formula is C18H31IN6S. The summed E-state index contributed by atoms with van der Waals surface area (Å²) in [7, 11) is 1.97. The Hall–Kier alpha value is -1.16. The minimum absolute atomic E-state index is 0. The molecule has 0 bridgehead atoms. The minimum atomic E-state index is 0. The topological polar surface area (TPSA) is 67.1 Å². The molecule has 0 spiro atoms. The van der Waals surface area contributed by atoms with Crippen LogP contribution in [0.3, 0.4) is 0 Å². The van der Waals surface area contributed by atoms with Gasteiger partial charge in [-0.05, 0) is 20.8 Å². The SMILES string of the molecule is CCNC(=NCc1c(C)nn(C)c1C)NCCc1csc(C(C)C)n1.I. The molecule has 2 heterocycles. The number of nitrogens with zero attached hydrogens (tertiary/aromatic N) is 4. The largest absolute Gasteiger partial charge is 0.357 e. The number of hydrogen-bond donors (Lipinski definition) is 2. The number of aliphatic imine (C=N–C) groups is 1. The lowest BCUT2D eigenvalue weighted by atomic mass is 10.2. The second kappa shape index (κ2) is 10.9. The van der Waals surface area contributed by atoms with Gasteiger partial charge in [0.1, 0.15) is 0 Å². The number of thiazole rings is 1. The first kappa shape index (κ1) is 22.9. The third kappa shape index (κ3) is 6.22. The van der Waals surface area contributed by atoms with Gasteiger partial charge in [0.15, 0.2) is 5.96 Å². The van der Waals surface area contributed by atoms with Gasteiger partial charge in [0, 0.05) is 49.1 Å². The predicted molar refractivity (Wildman–Crippen MR) is 121 cm³/mol. The van der Waals surface area contributed by atoms with Crippen molar-refractivity contribution in [3.63, 3.8) is 0 Å². The number of aromatic nitrogens is 3. The van der Waals surface area contributed by atoms with Crippen molar-refractivity contribution >= 4 is 41.3 Å². The first-order valence-electron chi connectivity index (χ1n) is 8.87. The van der Waals surface area contributed by atoms with Crippen LogP contribution in [-0.4, -0.2) is 33.8 Å². The van der Waals surface area contributed by atoms with E-state index in [0.717, 1.165) is 36.9 Å². The summed E-state index contributed by atoms with van der Waals surface area (Å²) in [6, 6.07) is 0. The molecule has 2 N–H and O–H groups in total. The summed E-state index contributed by atoms with van der Waals surface area (Å²) in [5.74, 6) is 1.33. The minimum Gasteiger partial charge on any atom is -0.357 e. The number of guanidine groups is 1. The molecule has 2 aromatic rings. The van der Waals surface area contributed by atoms with Gasteiger partial charge in [-0.25, -0.2) is 9.98 Å². The van der Waals surface area contributed by atoms with Gasteiger partial charge in [0.2, 0.25) is 0 Å². The molecule has 2 rings (SSSR count). The number of halogens is 1. The van der Waals surface area contributed by atoms with Crippen molar-refractivity contribution < 1.29 is 0 Å². The van der Waals surface area contributed by atoms with Crippen LogP contribution in [0, 0.1) is 13.8 Å². The highest BCUT2D eigenvalue weighted by molar-refractivity contribution is 14.0. The average Bonchev–Trinajstić information content (AvgIpc) is 3.12. The molecule has 2 aromatic heterocycles. The Kier molecular flexibility index (Phi) is 9.56. The van der Waals surface area contributed by atoms with Crippen molar-refractivity contribution in [1.82, 2.24) is 25.4 Å². The third-order valence-electron chi connectivity index (χ3n) is 4.14. The molecule has 0 atom stereocenters. The summed E-state index contributed by atoms with van der Waals surface area (Å²) >= 11 is 1.75. The second-order valence-electron chi connectivity index (χ2n) is 6.48. The molecule has 0 amide bonds. The highest BCUT2D eigenvalue weighted by atomic mass is 127. The van der Waals surface area contributed by atoms with E-state index in [1.165, 1.54) is 16.3 Å². The van der Waals surface area contributed by atoms with E-state index < -0.39 is 0 Å². The van der Waals surface area contributed by atoms with Crippen molar-refractivity contribution in [1.29, 1.82) is 0 Å². The molecule has 0 radical (unpaired) electrons. The van der Waals surface area contributed by atoms with Gasteiger partial charge in [0.05, 0.1) is 22.9 Å². The van der Waals surface area contributed by atoms with E-state index in [0.29, 0.717) is 12.5 Å². The van der Waals surface area contributed by atoms with E-state index in [2.05, 4.69) is 53.8 Å². The third-order valence-corrected chi connectivity index (χ3v) is 5.33. The lowest BCUT2D eigenvalue weighted by Crippen LogP contribution is -2.38. The van der Waals surface area contributed by atoms with Crippen LogP contribution in [0.25, 0.3) is 0 Å². The van der Waals surface area contributed by atoms with Crippen molar-refractivity contribution in [2.75, 3.05) is 13.1 Å². The zero-order valence-electron chi connectivity index (χ0n) is 16.6. The quantitative estimate of drug-likeness (QED) is 0.354. The number of rotatable bonds is 7. The van der Waals surface area contributed by atoms with Crippen molar-refractivity contribution in [2.24, 2.45) is 12.0 Å². The fourth-order valence-electron chi connectivity index (χ4n) is 2.56. The summed E-state index contributed by atoms with van der Waals surface area (Å²) in [6.07, 6.45) is 0.901. The Morgan fingerprint density at radius 2 is 2.04 bits per heavy atom. The van der Waals surface area contributed by atoms with Crippen molar-refractivity contribution in [3.05, 3.63) is 33.0 Å². The molecule has 0 aliphatic heterocycles. The molecule has 0 aliphatic carbocycles. The zero-order chi connectivity index (χ0) is 18.4. The van der Waals surface area contributed by atoms with Gasteiger partial charge < -0.3 is 10.6 Å². The van der Waals surface area contributed by atoms with Crippen LogP contribution in [0.4, 0.5) is 0 Å². The van der Waals surface area contributed by atoms with Gasteiger partial charge in [-0.3, -0.25) is 4.68 Å². The molecule has 0 aromatic carbocycles. The van der Waals surface area contributed by atoms with Crippen LogP contribution in [0.2, 0.25) is 0 Å². The zero-order valence-corrected chi connectivity index (χ0v) is 19.7. The summed E-state index contributed by atoms with van der Waals surface area (Å²) in [5, 5.41) is 14.5. The molecule has 0 fully saturated rings. The second-order valence-corrected chi connectivity index (χ2v) is 7.37. The molecule has 0 saturated heterocycles. The maximum absolute atomic E-state index is 4.71. The highest BCUT2D eigenvalue weighted by Gasteiger charge is 2.09. The van der Waals surface area contributed by atoms with Crippen LogP contribution >= 0.6 is 35.3 Å².